The summed E-state index contributed by atoms with van der Waals surface area (Å²) in [6.07, 6.45) is 4.06. The van der Waals surface area contributed by atoms with Crippen LogP contribution in [-0.4, -0.2) is 43.7 Å². The van der Waals surface area contributed by atoms with Crippen molar-refractivity contribution in [2.45, 2.75) is 63.1 Å². The van der Waals surface area contributed by atoms with Crippen LogP contribution in [0.2, 0.25) is 0 Å². The Hall–Kier alpha value is -3.16. The highest BCUT2D eigenvalue weighted by atomic mass is 32.2. The van der Waals surface area contributed by atoms with E-state index in [1.54, 1.807) is 21.3 Å². The fourth-order valence-electron chi connectivity index (χ4n) is 6.19. The molecule has 200 valence electrons. The summed E-state index contributed by atoms with van der Waals surface area (Å²) in [6, 6.07) is 23.5. The van der Waals surface area contributed by atoms with Gasteiger partial charge < -0.3 is 9.80 Å². The first-order chi connectivity index (χ1) is 18.3. The summed E-state index contributed by atoms with van der Waals surface area (Å²) in [5, 5.41) is 0. The normalized spacial score (nSPS) is 16.8. The predicted molar refractivity (Wildman–Crippen MR) is 152 cm³/mol. The van der Waals surface area contributed by atoms with Crippen molar-refractivity contribution >= 4 is 21.6 Å². The zero-order valence-electron chi connectivity index (χ0n) is 22.6. The number of carbonyl (C=O) groups is 1. The molecule has 0 spiro atoms. The van der Waals surface area contributed by atoms with Gasteiger partial charge in [-0.15, -0.1) is 0 Å². The molecule has 1 aliphatic carbocycles. The lowest BCUT2D eigenvalue weighted by Crippen LogP contribution is -2.43. The third-order valence-electron chi connectivity index (χ3n) is 8.43. The van der Waals surface area contributed by atoms with Gasteiger partial charge in [-0.1, -0.05) is 67.4 Å². The quantitative estimate of drug-likeness (QED) is 0.370. The molecule has 1 saturated carbocycles. The highest BCUT2D eigenvalue weighted by Gasteiger charge is 2.42. The highest BCUT2D eigenvalue weighted by molar-refractivity contribution is 7.89. The van der Waals surface area contributed by atoms with Gasteiger partial charge in [0.05, 0.1) is 11.2 Å². The van der Waals surface area contributed by atoms with Gasteiger partial charge in [-0.2, -0.15) is 4.31 Å². The van der Waals surface area contributed by atoms with Crippen LogP contribution < -0.4 is 4.90 Å². The van der Waals surface area contributed by atoms with E-state index in [2.05, 4.69) is 17.0 Å². The number of anilines is 1. The van der Waals surface area contributed by atoms with Gasteiger partial charge in [-0.05, 0) is 61.6 Å². The molecule has 0 atom stereocenters. The second kappa shape index (κ2) is 10.5. The van der Waals surface area contributed by atoms with Gasteiger partial charge in [0.2, 0.25) is 10.0 Å². The summed E-state index contributed by atoms with van der Waals surface area (Å²) in [4.78, 5) is 17.4. The molecule has 5 rings (SSSR count). The molecular weight excluding hydrogens is 494 g/mol. The van der Waals surface area contributed by atoms with Crippen LogP contribution in [0.1, 0.15) is 66.6 Å². The lowest BCUT2D eigenvalue weighted by Gasteiger charge is -2.42. The van der Waals surface area contributed by atoms with Crippen LogP contribution in [0.5, 0.6) is 0 Å². The van der Waals surface area contributed by atoms with E-state index in [1.165, 1.54) is 5.56 Å². The Morgan fingerprint density at radius 1 is 0.868 bits per heavy atom. The fraction of sp³-hybridized carbons (Fsp3) is 0.387. The molecule has 0 N–H and O–H groups in total. The van der Waals surface area contributed by atoms with E-state index in [0.717, 1.165) is 36.8 Å². The van der Waals surface area contributed by atoms with E-state index in [9.17, 15) is 13.2 Å². The zero-order valence-corrected chi connectivity index (χ0v) is 23.4. The summed E-state index contributed by atoms with van der Waals surface area (Å²) < 4.78 is 30.2. The van der Waals surface area contributed by atoms with Crippen molar-refractivity contribution in [1.29, 1.82) is 0 Å². The maximum atomic E-state index is 14.3. The Morgan fingerprint density at radius 2 is 1.45 bits per heavy atom. The summed E-state index contributed by atoms with van der Waals surface area (Å²) in [6.45, 7) is 5.67. The van der Waals surface area contributed by atoms with Crippen LogP contribution in [0, 0.1) is 0 Å². The lowest BCUT2D eigenvalue weighted by atomic mass is 9.86. The molecule has 1 amide bonds. The standard InChI is InChI=1S/C31H37N3O3S/c1-4-33(5-2)30(35)24-17-18-28(32(3)31(19-11-12-20-31)27-15-7-6-8-16-27)29(21-24)38(36,37)34-22-25-13-9-10-14-26(25)23-34/h6-10,13-18,21H,4-5,11-12,19-20,22-23H2,1-3H3. The first-order valence-electron chi connectivity index (χ1n) is 13.6. The molecule has 7 heteroatoms. The number of rotatable bonds is 8. The van der Waals surface area contributed by atoms with E-state index in [4.69, 9.17) is 0 Å². The first kappa shape index (κ1) is 26.4. The summed E-state index contributed by atoms with van der Waals surface area (Å²) >= 11 is 0. The molecule has 0 saturated heterocycles. The molecule has 2 aliphatic rings. The van der Waals surface area contributed by atoms with Crippen LogP contribution in [0.3, 0.4) is 0 Å². The molecule has 6 nitrogen and oxygen atoms in total. The van der Waals surface area contributed by atoms with Gasteiger partial charge in [0.25, 0.3) is 5.91 Å². The van der Waals surface area contributed by atoms with Crippen molar-refractivity contribution in [1.82, 2.24) is 9.21 Å². The molecule has 38 heavy (non-hydrogen) atoms. The van der Waals surface area contributed by atoms with Crippen molar-refractivity contribution < 1.29 is 13.2 Å². The number of hydrogen-bond donors (Lipinski definition) is 0. The second-order valence-corrected chi connectivity index (χ2v) is 12.3. The summed E-state index contributed by atoms with van der Waals surface area (Å²) in [5.74, 6) is -0.149. The topological polar surface area (TPSA) is 60.9 Å². The third-order valence-corrected chi connectivity index (χ3v) is 10.3. The number of fused-ring (bicyclic) bond motifs is 1. The molecule has 1 heterocycles. The predicted octanol–water partition coefficient (Wildman–Crippen LogP) is 5.78. The maximum absolute atomic E-state index is 14.3. The van der Waals surface area contributed by atoms with Crippen LogP contribution in [0.15, 0.2) is 77.7 Å². The van der Waals surface area contributed by atoms with Crippen LogP contribution >= 0.6 is 0 Å². The Labute approximate surface area is 226 Å². The van der Waals surface area contributed by atoms with E-state index >= 15 is 0 Å². The van der Waals surface area contributed by atoms with Gasteiger partial charge in [0, 0.05) is 38.8 Å². The number of amides is 1. The minimum atomic E-state index is -3.89. The van der Waals surface area contributed by atoms with Gasteiger partial charge in [-0.25, -0.2) is 8.42 Å². The molecule has 3 aromatic carbocycles. The number of benzene rings is 3. The Morgan fingerprint density at radius 3 is 2.03 bits per heavy atom. The first-order valence-corrected chi connectivity index (χ1v) is 15.1. The molecule has 1 aliphatic heterocycles. The van der Waals surface area contributed by atoms with E-state index < -0.39 is 10.0 Å². The van der Waals surface area contributed by atoms with Crippen molar-refractivity contribution in [2.24, 2.45) is 0 Å². The van der Waals surface area contributed by atoms with Crippen LogP contribution in [-0.2, 0) is 28.7 Å². The molecule has 0 aromatic heterocycles. The van der Waals surface area contributed by atoms with Crippen molar-refractivity contribution in [3.63, 3.8) is 0 Å². The molecule has 0 unspecified atom stereocenters. The van der Waals surface area contributed by atoms with Crippen molar-refractivity contribution in [3.05, 3.63) is 95.1 Å². The Bertz CT molecular complexity index is 1390. The lowest BCUT2D eigenvalue weighted by molar-refractivity contribution is 0.0772. The third kappa shape index (κ3) is 4.52. The molecule has 1 fully saturated rings. The van der Waals surface area contributed by atoms with Crippen LogP contribution in [0.4, 0.5) is 5.69 Å². The largest absolute Gasteiger partial charge is 0.364 e. The van der Waals surface area contributed by atoms with Gasteiger partial charge in [0.15, 0.2) is 0 Å². The number of sulfonamides is 1. The van der Waals surface area contributed by atoms with E-state index in [1.807, 2.05) is 69.4 Å². The van der Waals surface area contributed by atoms with E-state index in [-0.39, 0.29) is 16.3 Å². The van der Waals surface area contributed by atoms with Crippen molar-refractivity contribution in [2.75, 3.05) is 25.0 Å². The minimum Gasteiger partial charge on any atom is -0.364 e. The number of nitrogens with zero attached hydrogens (tertiary/aromatic N) is 3. The molecule has 0 bridgehead atoms. The summed E-state index contributed by atoms with van der Waals surface area (Å²) in [7, 11) is -1.88. The average Bonchev–Trinajstić information content (AvgIpc) is 3.62. The average molecular weight is 532 g/mol. The van der Waals surface area contributed by atoms with Gasteiger partial charge in [-0.3, -0.25) is 4.79 Å². The fourth-order valence-corrected chi connectivity index (χ4v) is 7.83. The van der Waals surface area contributed by atoms with E-state index in [0.29, 0.717) is 37.4 Å². The summed E-state index contributed by atoms with van der Waals surface area (Å²) in [5.41, 5.74) is 3.99. The van der Waals surface area contributed by atoms with Crippen molar-refractivity contribution in [3.8, 4) is 0 Å². The smallest absolute Gasteiger partial charge is 0.253 e. The molecule has 3 aromatic rings. The maximum Gasteiger partial charge on any atom is 0.253 e. The highest BCUT2D eigenvalue weighted by Crippen LogP contribution is 2.47. The zero-order chi connectivity index (χ0) is 26.9. The monoisotopic (exact) mass is 531 g/mol. The second-order valence-electron chi connectivity index (χ2n) is 10.4. The SMILES string of the molecule is CCN(CC)C(=O)c1ccc(N(C)C2(c3ccccc3)CCCC2)c(S(=O)(=O)N2Cc3ccccc3C2)c1. The van der Waals surface area contributed by atoms with Crippen LogP contribution in [0.25, 0.3) is 0 Å². The number of hydrogen-bond acceptors (Lipinski definition) is 4. The Kier molecular flexibility index (Phi) is 7.34. The van der Waals surface area contributed by atoms with Gasteiger partial charge >= 0.3 is 0 Å². The minimum absolute atomic E-state index is 0.149. The van der Waals surface area contributed by atoms with Gasteiger partial charge in [0.1, 0.15) is 4.90 Å². The Balaban J connectivity index is 1.63. The molecular formula is C31H37N3O3S. The number of carbonyl (C=O) groups excluding carboxylic acids is 1. The molecule has 0 radical (unpaired) electrons.